The number of aromatic nitrogens is 1. The summed E-state index contributed by atoms with van der Waals surface area (Å²) in [6, 6.07) is 5.12. The molecular formula is C19H20N2O4. The van der Waals surface area contributed by atoms with Gasteiger partial charge in [0, 0.05) is 36.7 Å². The molecule has 25 heavy (non-hydrogen) atoms. The lowest BCUT2D eigenvalue weighted by molar-refractivity contribution is 0.0722. The number of furan rings is 1. The monoisotopic (exact) mass is 340 g/mol. The van der Waals surface area contributed by atoms with E-state index in [0.717, 1.165) is 25.0 Å². The van der Waals surface area contributed by atoms with Crippen molar-refractivity contribution in [2.45, 2.75) is 38.0 Å². The van der Waals surface area contributed by atoms with Crippen molar-refractivity contribution in [1.29, 1.82) is 0 Å². The molecule has 0 bridgehead atoms. The normalized spacial score (nSPS) is 20.4. The molecule has 6 heteroatoms. The number of rotatable bonds is 2. The molecule has 4 rings (SSSR count). The van der Waals surface area contributed by atoms with E-state index in [2.05, 4.69) is 4.98 Å². The molecule has 0 spiro atoms. The molecule has 2 aromatic rings. The smallest absolute Gasteiger partial charge is 0.261 e. The zero-order valence-electron chi connectivity index (χ0n) is 13.9. The van der Waals surface area contributed by atoms with Gasteiger partial charge in [-0.15, -0.1) is 0 Å². The molecule has 1 atom stereocenters. The highest BCUT2D eigenvalue weighted by atomic mass is 16.3. The predicted molar refractivity (Wildman–Crippen MR) is 90.9 cm³/mol. The van der Waals surface area contributed by atoms with Gasteiger partial charge in [0.25, 0.3) is 11.5 Å². The third kappa shape index (κ3) is 2.92. The predicted octanol–water partition coefficient (Wildman–Crippen LogP) is 2.51. The third-order valence-electron chi connectivity index (χ3n) is 5.12. The van der Waals surface area contributed by atoms with Gasteiger partial charge >= 0.3 is 0 Å². The molecule has 1 amide bonds. The van der Waals surface area contributed by atoms with Crippen LogP contribution < -0.4 is 5.56 Å². The largest absolute Gasteiger partial charge is 0.469 e. The van der Waals surface area contributed by atoms with E-state index >= 15 is 0 Å². The lowest BCUT2D eigenvalue weighted by Gasteiger charge is -2.27. The molecule has 2 aromatic heterocycles. The van der Waals surface area contributed by atoms with Gasteiger partial charge in [-0.1, -0.05) is 0 Å². The Hall–Kier alpha value is -2.63. The number of H-pyrrole nitrogens is 1. The summed E-state index contributed by atoms with van der Waals surface area (Å²) in [4.78, 5) is 42.1. The van der Waals surface area contributed by atoms with Crippen LogP contribution in [0.1, 0.15) is 63.8 Å². The summed E-state index contributed by atoms with van der Waals surface area (Å²) in [6.07, 6.45) is 5.46. The van der Waals surface area contributed by atoms with Crippen LogP contribution in [0.5, 0.6) is 0 Å². The Morgan fingerprint density at radius 3 is 2.68 bits per heavy atom. The molecule has 1 saturated heterocycles. The van der Waals surface area contributed by atoms with Gasteiger partial charge in [0.2, 0.25) is 0 Å². The fourth-order valence-electron chi connectivity index (χ4n) is 3.78. The summed E-state index contributed by atoms with van der Waals surface area (Å²) >= 11 is 0. The average molecular weight is 340 g/mol. The van der Waals surface area contributed by atoms with Gasteiger partial charge in [-0.3, -0.25) is 14.4 Å². The number of hydrogen-bond acceptors (Lipinski definition) is 4. The van der Waals surface area contributed by atoms with Gasteiger partial charge < -0.3 is 14.3 Å². The van der Waals surface area contributed by atoms with Crippen molar-refractivity contribution in [1.82, 2.24) is 9.88 Å². The van der Waals surface area contributed by atoms with Crippen LogP contribution in [0.3, 0.4) is 0 Å². The van der Waals surface area contributed by atoms with Gasteiger partial charge in [-0.2, -0.15) is 0 Å². The van der Waals surface area contributed by atoms with Gasteiger partial charge in [0.05, 0.1) is 6.26 Å². The van der Waals surface area contributed by atoms with Gasteiger partial charge in [-0.05, 0) is 43.9 Å². The maximum Gasteiger partial charge on any atom is 0.261 e. The zero-order chi connectivity index (χ0) is 17.4. The van der Waals surface area contributed by atoms with Crippen molar-refractivity contribution in [2.75, 3.05) is 13.1 Å². The van der Waals surface area contributed by atoms with E-state index < -0.39 is 5.56 Å². The summed E-state index contributed by atoms with van der Waals surface area (Å²) in [6.45, 7) is 1.34. The lowest BCUT2D eigenvalue weighted by atomic mass is 9.84. The molecule has 1 aliphatic carbocycles. The number of carbonyl (C=O) groups is 2. The minimum absolute atomic E-state index is 0.0633. The highest BCUT2D eigenvalue weighted by Gasteiger charge is 2.31. The van der Waals surface area contributed by atoms with Crippen molar-refractivity contribution in [3.63, 3.8) is 0 Å². The Morgan fingerprint density at radius 2 is 1.96 bits per heavy atom. The van der Waals surface area contributed by atoms with Crippen LogP contribution in [-0.2, 0) is 6.42 Å². The van der Waals surface area contributed by atoms with Crippen molar-refractivity contribution >= 4 is 11.7 Å². The zero-order valence-corrected chi connectivity index (χ0v) is 13.9. The maximum absolute atomic E-state index is 12.6. The number of piperidine rings is 1. The lowest BCUT2D eigenvalue weighted by Crippen LogP contribution is -2.39. The van der Waals surface area contributed by atoms with Crippen LogP contribution in [0.4, 0.5) is 0 Å². The number of fused-ring (bicyclic) bond motifs is 1. The molecule has 2 aliphatic rings. The maximum atomic E-state index is 12.6. The molecule has 1 N–H and O–H groups in total. The Balaban J connectivity index is 1.66. The highest BCUT2D eigenvalue weighted by molar-refractivity contribution is 6.02. The molecule has 130 valence electrons. The molecule has 0 radical (unpaired) electrons. The number of aromatic amines is 1. The number of carbonyl (C=O) groups excluding carboxylic acids is 2. The minimum atomic E-state index is -0.415. The van der Waals surface area contributed by atoms with E-state index in [1.165, 1.54) is 6.07 Å². The first-order valence-electron chi connectivity index (χ1n) is 8.75. The molecule has 1 fully saturated rings. The van der Waals surface area contributed by atoms with E-state index in [4.69, 9.17) is 4.42 Å². The Bertz CT molecular complexity index is 860. The number of nitrogens with one attached hydrogen (secondary N) is 1. The van der Waals surface area contributed by atoms with Crippen molar-refractivity contribution in [3.05, 3.63) is 57.4 Å². The van der Waals surface area contributed by atoms with E-state index in [1.807, 2.05) is 6.07 Å². The van der Waals surface area contributed by atoms with Gasteiger partial charge in [0.1, 0.15) is 11.3 Å². The van der Waals surface area contributed by atoms with E-state index in [0.29, 0.717) is 37.2 Å². The number of nitrogens with zero attached hydrogens (tertiary/aromatic N) is 1. The van der Waals surface area contributed by atoms with Gasteiger partial charge in [-0.25, -0.2) is 0 Å². The molecule has 1 aliphatic heterocycles. The molecule has 0 unspecified atom stereocenters. The van der Waals surface area contributed by atoms with Crippen LogP contribution in [-0.4, -0.2) is 34.7 Å². The first-order valence-corrected chi connectivity index (χ1v) is 8.75. The van der Waals surface area contributed by atoms with Crippen LogP contribution in [0.25, 0.3) is 0 Å². The van der Waals surface area contributed by atoms with Crippen LogP contribution in [0.2, 0.25) is 0 Å². The second-order valence-corrected chi connectivity index (χ2v) is 6.80. The number of hydrogen-bond donors (Lipinski definition) is 1. The quantitative estimate of drug-likeness (QED) is 0.910. The van der Waals surface area contributed by atoms with Crippen molar-refractivity contribution in [2.24, 2.45) is 0 Å². The van der Waals surface area contributed by atoms with Gasteiger partial charge in [0.15, 0.2) is 5.78 Å². The second-order valence-electron chi connectivity index (χ2n) is 6.80. The molecule has 3 heterocycles. The summed E-state index contributed by atoms with van der Waals surface area (Å²) < 4.78 is 5.40. The Kier molecular flexibility index (Phi) is 4.03. The topological polar surface area (TPSA) is 83.4 Å². The Labute approximate surface area is 144 Å². The second kappa shape index (κ2) is 6.35. The number of likely N-dealkylation sites (tertiary alicyclic amines) is 1. The SMILES string of the molecule is O=C1C[C@@H](c2ccco2)Cc2[nH]c(=O)c(C(=O)N3CCCCC3)cc21. The molecular weight excluding hydrogens is 320 g/mol. The van der Waals surface area contributed by atoms with E-state index in [1.54, 1.807) is 17.2 Å². The molecule has 0 aromatic carbocycles. The first-order chi connectivity index (χ1) is 12.1. The van der Waals surface area contributed by atoms with E-state index in [-0.39, 0.29) is 23.2 Å². The third-order valence-corrected chi connectivity index (χ3v) is 5.12. The van der Waals surface area contributed by atoms with Crippen molar-refractivity contribution in [3.8, 4) is 0 Å². The molecule has 0 saturated carbocycles. The summed E-state index contributed by atoms with van der Waals surface area (Å²) in [5.41, 5.74) is 0.716. The number of Topliss-reactive ketones (excluding diaryl/α,β-unsaturated/α-hetero) is 1. The van der Waals surface area contributed by atoms with Crippen LogP contribution in [0, 0.1) is 0 Å². The van der Waals surface area contributed by atoms with E-state index in [9.17, 15) is 14.4 Å². The first kappa shape index (κ1) is 15.9. The van der Waals surface area contributed by atoms with Crippen LogP contribution >= 0.6 is 0 Å². The number of pyridine rings is 1. The standard InChI is InChI=1S/C19H20N2O4/c22-16-10-12(17-5-4-8-25-17)9-15-13(16)11-14(18(23)20-15)19(24)21-6-2-1-3-7-21/h4-5,8,11-12H,1-3,6-7,9-10H2,(H,20,23)/t12-/m0/s1. The summed E-state index contributed by atoms with van der Waals surface area (Å²) in [5.74, 6) is 0.332. The minimum Gasteiger partial charge on any atom is -0.469 e. The van der Waals surface area contributed by atoms with Crippen molar-refractivity contribution < 1.29 is 14.0 Å². The average Bonchev–Trinajstić information content (AvgIpc) is 3.16. The number of ketones is 1. The van der Waals surface area contributed by atoms with Crippen LogP contribution in [0.15, 0.2) is 33.7 Å². The summed E-state index contributed by atoms with van der Waals surface area (Å²) in [7, 11) is 0. The summed E-state index contributed by atoms with van der Waals surface area (Å²) in [5, 5.41) is 0. The number of amides is 1. The highest BCUT2D eigenvalue weighted by Crippen LogP contribution is 2.31. The molecule has 6 nitrogen and oxygen atoms in total. The Morgan fingerprint density at radius 1 is 1.16 bits per heavy atom. The fourth-order valence-corrected chi connectivity index (χ4v) is 3.78. The fraction of sp³-hybridized carbons (Fsp3) is 0.421.